The highest BCUT2D eigenvalue weighted by Crippen LogP contribution is 2.25. The molecule has 35 heavy (non-hydrogen) atoms. The summed E-state index contributed by atoms with van der Waals surface area (Å²) in [5.74, 6) is -0.353. The summed E-state index contributed by atoms with van der Waals surface area (Å²) in [6.07, 6.45) is 3.70. The molecule has 1 aliphatic carbocycles. The lowest BCUT2D eigenvalue weighted by atomic mass is 10.0. The van der Waals surface area contributed by atoms with Crippen molar-refractivity contribution in [1.82, 2.24) is 20.0 Å². The minimum Gasteiger partial charge on any atom is -0.336 e. The Morgan fingerprint density at radius 2 is 1.74 bits per heavy atom. The van der Waals surface area contributed by atoms with Crippen LogP contribution < -0.4 is 5.56 Å². The number of aromatic amines is 1. The molecule has 0 unspecified atom stereocenters. The number of nitrogens with zero attached hydrogens (tertiary/aromatic N) is 3. The molecular weight excluding hydrogens is 447 g/mol. The van der Waals surface area contributed by atoms with Crippen molar-refractivity contribution in [2.45, 2.75) is 33.1 Å². The fraction of sp³-hybridized carbons (Fsp3) is 0.407. The minimum absolute atomic E-state index is 0.0794. The van der Waals surface area contributed by atoms with E-state index in [4.69, 9.17) is 0 Å². The first-order chi connectivity index (χ1) is 17.0. The lowest BCUT2D eigenvalue weighted by molar-refractivity contribution is -0.108. The second-order valence-corrected chi connectivity index (χ2v) is 8.60. The third kappa shape index (κ3) is 6.82. The summed E-state index contributed by atoms with van der Waals surface area (Å²) in [7, 11) is 2.00. The molecule has 0 spiro atoms. The van der Waals surface area contributed by atoms with Gasteiger partial charge in [0, 0.05) is 43.9 Å². The van der Waals surface area contributed by atoms with Gasteiger partial charge >= 0.3 is 0 Å². The van der Waals surface area contributed by atoms with Crippen LogP contribution in [0.25, 0.3) is 10.8 Å². The highest BCUT2D eigenvalue weighted by atomic mass is 19.1. The summed E-state index contributed by atoms with van der Waals surface area (Å²) in [6, 6.07) is 11.8. The molecule has 1 saturated heterocycles. The third-order valence-corrected chi connectivity index (χ3v) is 6.01. The number of piperazine rings is 1. The monoisotopic (exact) mass is 480 g/mol. The Morgan fingerprint density at radius 3 is 2.34 bits per heavy atom. The number of carbonyl (C=O) groups is 2. The van der Waals surface area contributed by atoms with E-state index in [-0.39, 0.29) is 17.0 Å². The first-order valence-corrected chi connectivity index (χ1v) is 12.1. The molecule has 5 rings (SSSR count). The van der Waals surface area contributed by atoms with Gasteiger partial charge in [0.15, 0.2) is 0 Å². The van der Waals surface area contributed by atoms with Gasteiger partial charge in [-0.05, 0) is 43.7 Å². The number of fused-ring (bicyclic) bond motifs is 1. The molecule has 8 heteroatoms. The maximum absolute atomic E-state index is 14.4. The number of nitrogens with one attached hydrogen (secondary N) is 1. The fourth-order valence-electron chi connectivity index (χ4n) is 3.76. The van der Waals surface area contributed by atoms with E-state index in [1.165, 1.54) is 6.07 Å². The average Bonchev–Trinajstić information content (AvgIpc) is 3.74. The number of amides is 1. The summed E-state index contributed by atoms with van der Waals surface area (Å²) < 4.78 is 14.4. The van der Waals surface area contributed by atoms with Gasteiger partial charge in [-0.15, -0.1) is 0 Å². The average molecular weight is 481 g/mol. The van der Waals surface area contributed by atoms with Crippen LogP contribution >= 0.6 is 0 Å². The number of benzene rings is 2. The lowest BCUT2D eigenvalue weighted by Gasteiger charge is -2.32. The van der Waals surface area contributed by atoms with Crippen molar-refractivity contribution in [3.8, 4) is 0 Å². The Morgan fingerprint density at radius 1 is 1.09 bits per heavy atom. The van der Waals surface area contributed by atoms with Crippen molar-refractivity contribution in [3.63, 3.8) is 0 Å². The molecule has 186 valence electrons. The van der Waals surface area contributed by atoms with Crippen LogP contribution in [-0.2, 0) is 11.2 Å². The molecule has 0 bridgehead atoms. The van der Waals surface area contributed by atoms with E-state index in [1.807, 2.05) is 33.0 Å². The Labute approximate surface area is 204 Å². The Kier molecular flexibility index (Phi) is 9.25. The number of aldehydes is 1. The molecule has 2 aliphatic rings. The molecule has 0 radical (unpaired) electrons. The Balaban J connectivity index is 0.000000428. The maximum Gasteiger partial charge on any atom is 0.272 e. The van der Waals surface area contributed by atoms with E-state index in [2.05, 4.69) is 15.1 Å². The summed E-state index contributed by atoms with van der Waals surface area (Å²) in [6.45, 7) is 6.73. The number of H-pyrrole nitrogens is 1. The molecule has 1 N–H and O–H groups in total. The zero-order chi connectivity index (χ0) is 25.4. The summed E-state index contributed by atoms with van der Waals surface area (Å²) in [4.78, 5) is 38.1. The molecule has 2 heterocycles. The number of hydrogen-bond donors (Lipinski definition) is 1. The Hall–Kier alpha value is -3.39. The standard InChI is InChI=1S/C21H21FN4O2.C4H6O.C2H6/c1-25-8-10-26(11-9-25)21(28)17-12-14(6-7-18(17)22)13-19-15-4-2-3-5-16(15)20(27)24-23-19;5-3-4-1-2-4;1-2/h2-7,12H,8-11,13H2,1H3,(H,24,27);3-4H,1-2H2;1-2H3. The molecule has 1 saturated carbocycles. The van der Waals surface area contributed by atoms with Crippen LogP contribution in [0.15, 0.2) is 47.3 Å². The van der Waals surface area contributed by atoms with E-state index < -0.39 is 5.82 Å². The van der Waals surface area contributed by atoms with Gasteiger partial charge in [0.2, 0.25) is 0 Å². The van der Waals surface area contributed by atoms with Gasteiger partial charge in [-0.3, -0.25) is 9.59 Å². The number of hydrogen-bond acceptors (Lipinski definition) is 5. The number of aromatic nitrogens is 2. The van der Waals surface area contributed by atoms with Gasteiger partial charge in [-0.25, -0.2) is 9.49 Å². The van der Waals surface area contributed by atoms with Crippen LogP contribution in [0.4, 0.5) is 4.39 Å². The molecule has 3 aromatic rings. The molecule has 0 atom stereocenters. The SMILES string of the molecule is CC.CN1CCN(C(=O)c2cc(Cc3n[nH]c(=O)c4ccccc34)ccc2F)CC1.O=CC1CC1. The van der Waals surface area contributed by atoms with Crippen LogP contribution in [0.5, 0.6) is 0 Å². The second kappa shape index (κ2) is 12.4. The van der Waals surface area contributed by atoms with Gasteiger partial charge in [0.05, 0.1) is 16.6 Å². The number of halogens is 1. The van der Waals surface area contributed by atoms with Gasteiger partial charge in [-0.1, -0.05) is 38.1 Å². The minimum atomic E-state index is -0.521. The summed E-state index contributed by atoms with van der Waals surface area (Å²) in [5, 5.41) is 7.98. The number of carbonyl (C=O) groups excluding carboxylic acids is 2. The maximum atomic E-state index is 14.4. The lowest BCUT2D eigenvalue weighted by Crippen LogP contribution is -2.47. The van der Waals surface area contributed by atoms with Gasteiger partial charge < -0.3 is 14.6 Å². The van der Waals surface area contributed by atoms with Crippen molar-refractivity contribution >= 4 is 23.0 Å². The largest absolute Gasteiger partial charge is 0.336 e. The first-order valence-electron chi connectivity index (χ1n) is 12.1. The molecule has 7 nitrogen and oxygen atoms in total. The highest BCUT2D eigenvalue weighted by Gasteiger charge is 2.23. The highest BCUT2D eigenvalue weighted by molar-refractivity contribution is 5.95. The quantitative estimate of drug-likeness (QED) is 0.576. The molecule has 2 aromatic carbocycles. The predicted octanol–water partition coefficient (Wildman–Crippen LogP) is 3.66. The first kappa shape index (κ1) is 26.2. The van der Waals surface area contributed by atoms with Gasteiger partial charge in [-0.2, -0.15) is 5.10 Å². The van der Waals surface area contributed by atoms with Crippen molar-refractivity contribution in [2.24, 2.45) is 5.92 Å². The molecular formula is C27H33FN4O3. The molecule has 1 amide bonds. The van der Waals surface area contributed by atoms with Crippen LogP contribution in [0.1, 0.15) is 48.3 Å². The predicted molar refractivity (Wildman–Crippen MR) is 135 cm³/mol. The summed E-state index contributed by atoms with van der Waals surface area (Å²) >= 11 is 0. The molecule has 2 fully saturated rings. The van der Waals surface area contributed by atoms with Gasteiger partial charge in [0.25, 0.3) is 11.5 Å². The van der Waals surface area contributed by atoms with Crippen molar-refractivity contribution < 1.29 is 14.0 Å². The normalized spacial score (nSPS) is 15.5. The summed E-state index contributed by atoms with van der Waals surface area (Å²) in [5.41, 5.74) is 1.28. The van der Waals surface area contributed by atoms with Crippen LogP contribution in [0, 0.1) is 11.7 Å². The molecule has 1 aliphatic heterocycles. The van der Waals surface area contributed by atoms with E-state index in [9.17, 15) is 18.8 Å². The number of rotatable bonds is 4. The van der Waals surface area contributed by atoms with E-state index in [0.29, 0.717) is 36.5 Å². The zero-order valence-electron chi connectivity index (χ0n) is 20.6. The Bertz CT molecular complexity index is 1210. The van der Waals surface area contributed by atoms with Crippen molar-refractivity contribution in [2.75, 3.05) is 33.2 Å². The fourth-order valence-corrected chi connectivity index (χ4v) is 3.76. The van der Waals surface area contributed by atoms with Crippen molar-refractivity contribution in [3.05, 3.63) is 75.5 Å². The third-order valence-electron chi connectivity index (χ3n) is 6.01. The van der Waals surface area contributed by atoms with E-state index in [1.54, 1.807) is 29.2 Å². The van der Waals surface area contributed by atoms with Crippen molar-refractivity contribution in [1.29, 1.82) is 0 Å². The second-order valence-electron chi connectivity index (χ2n) is 8.60. The van der Waals surface area contributed by atoms with Crippen LogP contribution in [0.3, 0.4) is 0 Å². The zero-order valence-corrected chi connectivity index (χ0v) is 20.6. The molecule has 1 aromatic heterocycles. The van der Waals surface area contributed by atoms with Crippen LogP contribution in [-0.4, -0.2) is 65.4 Å². The number of likely N-dealkylation sites (N-methyl/N-ethyl adjacent to an activating group) is 1. The van der Waals surface area contributed by atoms with Crippen LogP contribution in [0.2, 0.25) is 0 Å². The topological polar surface area (TPSA) is 86.4 Å². The van der Waals surface area contributed by atoms with E-state index in [0.717, 1.165) is 43.2 Å². The van der Waals surface area contributed by atoms with E-state index >= 15 is 0 Å². The van der Waals surface area contributed by atoms with Gasteiger partial charge in [0.1, 0.15) is 12.1 Å². The smallest absolute Gasteiger partial charge is 0.272 e.